The van der Waals surface area contributed by atoms with E-state index in [0.29, 0.717) is 18.8 Å². The van der Waals surface area contributed by atoms with Gasteiger partial charge in [-0.15, -0.1) is 0 Å². The predicted octanol–water partition coefficient (Wildman–Crippen LogP) is 0.775. The molecular weight excluding hydrogens is 186 g/mol. The summed E-state index contributed by atoms with van der Waals surface area (Å²) in [6.45, 7) is 3.65. The molecule has 14 heavy (non-hydrogen) atoms. The fourth-order valence-corrected chi connectivity index (χ4v) is 1.00. The number of aliphatic hydroxyl groups excluding tert-OH is 1. The summed E-state index contributed by atoms with van der Waals surface area (Å²) in [4.78, 5) is 11.1. The number of carbonyl (C=O) groups is 1. The molecule has 0 fully saturated rings. The molecule has 0 bridgehead atoms. The zero-order valence-corrected chi connectivity index (χ0v) is 8.19. The molecule has 0 aliphatic rings. The van der Waals surface area contributed by atoms with Crippen molar-refractivity contribution in [3.05, 3.63) is 17.5 Å². The standard InChI is InChI=1S/C9H13NO4/c1-3-13-9(12)8-5-7(14-10-8)4-6(2)11/h5-6,11H,3-4H2,1-2H3. The number of carbonyl (C=O) groups excluding carboxylic acids is 1. The second-order valence-corrected chi connectivity index (χ2v) is 2.95. The molecule has 1 heterocycles. The first kappa shape index (κ1) is 10.7. The average Bonchev–Trinajstić information content (AvgIpc) is 2.52. The van der Waals surface area contributed by atoms with Crippen LogP contribution in [0.25, 0.3) is 0 Å². The van der Waals surface area contributed by atoms with E-state index in [9.17, 15) is 4.79 Å². The van der Waals surface area contributed by atoms with E-state index in [1.54, 1.807) is 13.8 Å². The van der Waals surface area contributed by atoms with E-state index in [-0.39, 0.29) is 5.69 Å². The van der Waals surface area contributed by atoms with Crippen molar-refractivity contribution in [3.8, 4) is 0 Å². The van der Waals surface area contributed by atoms with Gasteiger partial charge in [0.25, 0.3) is 0 Å². The minimum absolute atomic E-state index is 0.141. The molecule has 1 atom stereocenters. The molecule has 78 valence electrons. The second-order valence-electron chi connectivity index (χ2n) is 2.95. The highest BCUT2D eigenvalue weighted by Crippen LogP contribution is 2.07. The second kappa shape index (κ2) is 4.76. The van der Waals surface area contributed by atoms with Crippen LogP contribution in [0.5, 0.6) is 0 Å². The van der Waals surface area contributed by atoms with Crippen LogP contribution < -0.4 is 0 Å². The van der Waals surface area contributed by atoms with Crippen molar-refractivity contribution in [2.45, 2.75) is 26.4 Å². The van der Waals surface area contributed by atoms with Crippen molar-refractivity contribution in [2.75, 3.05) is 6.61 Å². The minimum atomic E-state index is -0.516. The van der Waals surface area contributed by atoms with Crippen molar-refractivity contribution >= 4 is 5.97 Å². The normalized spacial score (nSPS) is 12.5. The smallest absolute Gasteiger partial charge is 0.360 e. The molecule has 0 saturated carbocycles. The van der Waals surface area contributed by atoms with Crippen LogP contribution in [0, 0.1) is 0 Å². The Kier molecular flexibility index (Phi) is 3.64. The van der Waals surface area contributed by atoms with Gasteiger partial charge in [-0.05, 0) is 13.8 Å². The van der Waals surface area contributed by atoms with Crippen molar-refractivity contribution in [1.29, 1.82) is 0 Å². The lowest BCUT2D eigenvalue weighted by atomic mass is 10.2. The van der Waals surface area contributed by atoms with Gasteiger partial charge in [-0.3, -0.25) is 0 Å². The molecule has 0 spiro atoms. The quantitative estimate of drug-likeness (QED) is 0.725. The summed E-state index contributed by atoms with van der Waals surface area (Å²) in [6, 6.07) is 1.48. The first-order chi connectivity index (χ1) is 6.63. The molecule has 1 aromatic heterocycles. The van der Waals surface area contributed by atoms with Crippen LogP contribution in [0.15, 0.2) is 10.6 Å². The van der Waals surface area contributed by atoms with Crippen molar-refractivity contribution in [3.63, 3.8) is 0 Å². The van der Waals surface area contributed by atoms with Crippen LogP contribution in [0.2, 0.25) is 0 Å². The Morgan fingerprint density at radius 1 is 1.79 bits per heavy atom. The molecule has 0 aliphatic carbocycles. The number of hydrogen-bond donors (Lipinski definition) is 1. The maximum atomic E-state index is 11.1. The van der Waals surface area contributed by atoms with Crippen LogP contribution >= 0.6 is 0 Å². The van der Waals surface area contributed by atoms with Gasteiger partial charge in [0.1, 0.15) is 5.76 Å². The number of nitrogens with zero attached hydrogens (tertiary/aromatic N) is 1. The molecule has 0 aliphatic heterocycles. The van der Waals surface area contributed by atoms with Gasteiger partial charge in [-0.2, -0.15) is 0 Å². The number of ether oxygens (including phenoxy) is 1. The molecule has 1 unspecified atom stereocenters. The molecule has 5 nitrogen and oxygen atoms in total. The lowest BCUT2D eigenvalue weighted by Gasteiger charge is -1.96. The number of aliphatic hydroxyl groups is 1. The first-order valence-electron chi connectivity index (χ1n) is 4.44. The number of rotatable bonds is 4. The lowest BCUT2D eigenvalue weighted by molar-refractivity contribution is 0.0514. The summed E-state index contributed by atoms with van der Waals surface area (Å²) >= 11 is 0. The fourth-order valence-electron chi connectivity index (χ4n) is 1.00. The maximum Gasteiger partial charge on any atom is 0.360 e. The molecule has 5 heteroatoms. The number of aromatic nitrogens is 1. The Morgan fingerprint density at radius 3 is 3.07 bits per heavy atom. The van der Waals surface area contributed by atoms with Gasteiger partial charge in [0.05, 0.1) is 12.7 Å². The SMILES string of the molecule is CCOC(=O)c1cc(CC(C)O)on1. The number of esters is 1. The molecule has 0 saturated heterocycles. The Morgan fingerprint density at radius 2 is 2.50 bits per heavy atom. The monoisotopic (exact) mass is 199 g/mol. The van der Waals surface area contributed by atoms with Crippen LogP contribution in [-0.4, -0.2) is 28.9 Å². The Labute approximate surface area is 81.7 Å². The van der Waals surface area contributed by atoms with Gasteiger partial charge in [0.2, 0.25) is 0 Å². The first-order valence-corrected chi connectivity index (χ1v) is 4.44. The van der Waals surface area contributed by atoms with Crippen molar-refractivity contribution in [1.82, 2.24) is 5.16 Å². The zero-order chi connectivity index (χ0) is 10.6. The zero-order valence-electron chi connectivity index (χ0n) is 8.19. The Balaban J connectivity index is 2.63. The lowest BCUT2D eigenvalue weighted by Crippen LogP contribution is -2.05. The highest BCUT2D eigenvalue weighted by atomic mass is 16.5. The molecule has 0 aromatic carbocycles. The Bertz CT molecular complexity index is 306. The highest BCUT2D eigenvalue weighted by Gasteiger charge is 2.14. The van der Waals surface area contributed by atoms with Gasteiger partial charge in [0, 0.05) is 12.5 Å². The molecule has 1 aromatic rings. The largest absolute Gasteiger partial charge is 0.461 e. The summed E-state index contributed by atoms with van der Waals surface area (Å²) in [5.41, 5.74) is 0.141. The van der Waals surface area contributed by atoms with Crippen LogP contribution in [-0.2, 0) is 11.2 Å². The number of hydrogen-bond acceptors (Lipinski definition) is 5. The van der Waals surface area contributed by atoms with Crippen molar-refractivity contribution < 1.29 is 19.2 Å². The minimum Gasteiger partial charge on any atom is -0.461 e. The van der Waals surface area contributed by atoms with E-state index < -0.39 is 12.1 Å². The van der Waals surface area contributed by atoms with Crippen LogP contribution in [0.1, 0.15) is 30.1 Å². The van der Waals surface area contributed by atoms with E-state index in [2.05, 4.69) is 5.16 Å². The topological polar surface area (TPSA) is 72.6 Å². The molecule has 1 rings (SSSR count). The average molecular weight is 199 g/mol. The molecule has 0 radical (unpaired) electrons. The van der Waals surface area contributed by atoms with Crippen LogP contribution in [0.3, 0.4) is 0 Å². The summed E-state index contributed by atoms with van der Waals surface area (Å²) in [7, 11) is 0. The maximum absolute atomic E-state index is 11.1. The predicted molar refractivity (Wildman–Crippen MR) is 47.8 cm³/mol. The van der Waals surface area contributed by atoms with E-state index in [4.69, 9.17) is 14.4 Å². The molecular formula is C9H13NO4. The van der Waals surface area contributed by atoms with E-state index in [1.807, 2.05) is 0 Å². The van der Waals surface area contributed by atoms with Gasteiger partial charge in [-0.25, -0.2) is 4.79 Å². The van der Waals surface area contributed by atoms with Gasteiger partial charge < -0.3 is 14.4 Å². The summed E-state index contributed by atoms with van der Waals surface area (Å²) in [6.07, 6.45) is -0.176. The van der Waals surface area contributed by atoms with E-state index >= 15 is 0 Å². The van der Waals surface area contributed by atoms with Crippen molar-refractivity contribution in [2.24, 2.45) is 0 Å². The highest BCUT2D eigenvalue weighted by molar-refractivity contribution is 5.87. The van der Waals surface area contributed by atoms with Gasteiger partial charge in [-0.1, -0.05) is 5.16 Å². The summed E-state index contributed by atoms with van der Waals surface area (Å²) in [5.74, 6) is -0.0313. The van der Waals surface area contributed by atoms with Gasteiger partial charge >= 0.3 is 5.97 Å². The third-order valence-corrected chi connectivity index (χ3v) is 1.54. The molecule has 0 amide bonds. The Hall–Kier alpha value is -1.36. The third-order valence-electron chi connectivity index (χ3n) is 1.54. The van der Waals surface area contributed by atoms with E-state index in [0.717, 1.165) is 0 Å². The van der Waals surface area contributed by atoms with Crippen LogP contribution in [0.4, 0.5) is 0 Å². The third kappa shape index (κ3) is 2.85. The summed E-state index contributed by atoms with van der Waals surface area (Å²) in [5, 5.41) is 12.6. The fraction of sp³-hybridized carbons (Fsp3) is 0.556. The van der Waals surface area contributed by atoms with E-state index in [1.165, 1.54) is 6.07 Å². The summed E-state index contributed by atoms with van der Waals surface area (Å²) < 4.78 is 9.55. The van der Waals surface area contributed by atoms with Gasteiger partial charge in [0.15, 0.2) is 5.69 Å². The molecule has 1 N–H and O–H groups in total.